The van der Waals surface area contributed by atoms with Crippen LogP contribution >= 0.6 is 0 Å². The van der Waals surface area contributed by atoms with E-state index in [0.717, 1.165) is 19.0 Å². The van der Waals surface area contributed by atoms with Crippen molar-refractivity contribution in [3.8, 4) is 0 Å². The van der Waals surface area contributed by atoms with Crippen LogP contribution in [0.2, 0.25) is 0 Å². The minimum Gasteiger partial charge on any atom is -0.356 e. The number of nitrogens with zero attached hydrogens (tertiary/aromatic N) is 3. The van der Waals surface area contributed by atoms with Gasteiger partial charge in [0.1, 0.15) is 0 Å². The van der Waals surface area contributed by atoms with Gasteiger partial charge in [-0.2, -0.15) is 0 Å². The predicted octanol–water partition coefficient (Wildman–Crippen LogP) is 2.82. The van der Waals surface area contributed by atoms with E-state index in [1.54, 1.807) is 0 Å². The summed E-state index contributed by atoms with van der Waals surface area (Å²) in [5.41, 5.74) is 1.30. The fourth-order valence-electron chi connectivity index (χ4n) is 3.23. The molecular formula is C19H32N4. The first kappa shape index (κ1) is 17.8. The first-order valence-electron chi connectivity index (χ1n) is 8.87. The van der Waals surface area contributed by atoms with Crippen molar-refractivity contribution in [2.45, 2.75) is 32.7 Å². The van der Waals surface area contributed by atoms with Gasteiger partial charge in [0.25, 0.3) is 0 Å². The van der Waals surface area contributed by atoms with Crippen LogP contribution in [-0.4, -0.2) is 56.0 Å². The van der Waals surface area contributed by atoms with Gasteiger partial charge in [-0.05, 0) is 37.4 Å². The monoisotopic (exact) mass is 316 g/mol. The van der Waals surface area contributed by atoms with E-state index in [9.17, 15) is 0 Å². The molecule has 0 saturated carbocycles. The summed E-state index contributed by atoms with van der Waals surface area (Å²) < 4.78 is 0. The maximum absolute atomic E-state index is 4.42. The molecule has 1 aliphatic rings. The van der Waals surface area contributed by atoms with Gasteiger partial charge in [-0.15, -0.1) is 0 Å². The van der Waals surface area contributed by atoms with Crippen LogP contribution in [0.5, 0.6) is 0 Å². The smallest absolute Gasteiger partial charge is 0.193 e. The van der Waals surface area contributed by atoms with E-state index in [-0.39, 0.29) is 0 Å². The standard InChI is InChI=1S/C19H32N4/c1-17(15-23-12-8-5-9-13-23)14-21-19(20-2)22(3)16-18-10-6-4-7-11-18/h4,6-7,10-11,17H,5,8-9,12-16H2,1-3H3,(H,20,21). The van der Waals surface area contributed by atoms with Gasteiger partial charge in [0.15, 0.2) is 5.96 Å². The average molecular weight is 316 g/mol. The van der Waals surface area contributed by atoms with Crippen molar-refractivity contribution in [2.75, 3.05) is 40.3 Å². The van der Waals surface area contributed by atoms with Crippen LogP contribution in [0.15, 0.2) is 35.3 Å². The van der Waals surface area contributed by atoms with Crippen LogP contribution in [-0.2, 0) is 6.54 Å². The molecule has 1 aromatic carbocycles. The quantitative estimate of drug-likeness (QED) is 0.647. The minimum atomic E-state index is 0.634. The molecule has 4 nitrogen and oxygen atoms in total. The van der Waals surface area contributed by atoms with Crippen LogP contribution < -0.4 is 5.32 Å². The van der Waals surface area contributed by atoms with Gasteiger partial charge in [-0.25, -0.2) is 0 Å². The van der Waals surface area contributed by atoms with E-state index in [2.05, 4.69) is 64.4 Å². The molecule has 1 fully saturated rings. The zero-order valence-corrected chi connectivity index (χ0v) is 15.0. The zero-order chi connectivity index (χ0) is 16.5. The average Bonchev–Trinajstić information content (AvgIpc) is 2.57. The second-order valence-corrected chi connectivity index (χ2v) is 6.74. The SMILES string of the molecule is CN=C(NCC(C)CN1CCCCC1)N(C)Cc1ccccc1. The Morgan fingerprint density at radius 2 is 1.91 bits per heavy atom. The largest absolute Gasteiger partial charge is 0.356 e. The Morgan fingerprint density at radius 3 is 2.57 bits per heavy atom. The van der Waals surface area contributed by atoms with Crippen molar-refractivity contribution in [1.29, 1.82) is 0 Å². The molecule has 1 atom stereocenters. The van der Waals surface area contributed by atoms with Crippen LogP contribution in [0, 0.1) is 5.92 Å². The summed E-state index contributed by atoms with van der Waals surface area (Å²) in [7, 11) is 3.96. The number of aliphatic imine (C=N–C) groups is 1. The molecule has 128 valence electrons. The Labute approximate surface area is 141 Å². The number of benzene rings is 1. The molecule has 0 radical (unpaired) electrons. The first-order chi connectivity index (χ1) is 11.2. The van der Waals surface area contributed by atoms with Crippen LogP contribution in [0.25, 0.3) is 0 Å². The molecule has 1 saturated heterocycles. The molecule has 4 heteroatoms. The molecule has 0 amide bonds. The molecule has 1 aromatic rings. The van der Waals surface area contributed by atoms with E-state index < -0.39 is 0 Å². The molecule has 0 aliphatic carbocycles. The molecule has 0 aromatic heterocycles. The number of nitrogens with one attached hydrogen (secondary N) is 1. The predicted molar refractivity (Wildman–Crippen MR) is 98.7 cm³/mol. The normalized spacial score (nSPS) is 17.8. The lowest BCUT2D eigenvalue weighted by Crippen LogP contribution is -2.43. The van der Waals surface area contributed by atoms with E-state index in [4.69, 9.17) is 0 Å². The van der Waals surface area contributed by atoms with Gasteiger partial charge in [0.05, 0.1) is 0 Å². The third-order valence-electron chi connectivity index (χ3n) is 4.46. The first-order valence-corrected chi connectivity index (χ1v) is 8.87. The summed E-state index contributed by atoms with van der Waals surface area (Å²) in [4.78, 5) is 9.21. The van der Waals surface area contributed by atoms with E-state index in [1.165, 1.54) is 44.5 Å². The van der Waals surface area contributed by atoms with Gasteiger partial charge >= 0.3 is 0 Å². The number of piperidine rings is 1. The van der Waals surface area contributed by atoms with Crippen molar-refractivity contribution in [2.24, 2.45) is 10.9 Å². The molecule has 1 heterocycles. The Bertz CT molecular complexity index is 466. The van der Waals surface area contributed by atoms with Crippen molar-refractivity contribution >= 4 is 5.96 Å². The lowest BCUT2D eigenvalue weighted by Gasteiger charge is -2.30. The van der Waals surface area contributed by atoms with E-state index in [1.807, 2.05) is 7.05 Å². The highest BCUT2D eigenvalue weighted by molar-refractivity contribution is 5.79. The topological polar surface area (TPSA) is 30.9 Å². The maximum atomic E-state index is 4.42. The van der Waals surface area contributed by atoms with Crippen molar-refractivity contribution in [3.63, 3.8) is 0 Å². The van der Waals surface area contributed by atoms with E-state index >= 15 is 0 Å². The summed E-state index contributed by atoms with van der Waals surface area (Å²) in [5.74, 6) is 1.61. The van der Waals surface area contributed by atoms with Crippen molar-refractivity contribution in [1.82, 2.24) is 15.1 Å². The third-order valence-corrected chi connectivity index (χ3v) is 4.46. The molecule has 2 rings (SSSR count). The molecular weight excluding hydrogens is 284 g/mol. The van der Waals surface area contributed by atoms with Crippen LogP contribution in [0.4, 0.5) is 0 Å². The summed E-state index contributed by atoms with van der Waals surface area (Å²) in [6.45, 7) is 7.90. The number of hydrogen-bond acceptors (Lipinski definition) is 2. The molecule has 0 spiro atoms. The highest BCUT2D eigenvalue weighted by Gasteiger charge is 2.14. The Kier molecular flexibility index (Phi) is 7.40. The Balaban J connectivity index is 1.75. The van der Waals surface area contributed by atoms with Crippen molar-refractivity contribution in [3.05, 3.63) is 35.9 Å². The maximum Gasteiger partial charge on any atom is 0.193 e. The molecule has 1 aliphatic heterocycles. The highest BCUT2D eigenvalue weighted by atomic mass is 15.3. The summed E-state index contributed by atoms with van der Waals surface area (Å²) >= 11 is 0. The number of guanidine groups is 1. The second kappa shape index (κ2) is 9.56. The van der Waals surface area contributed by atoms with Gasteiger partial charge < -0.3 is 15.1 Å². The van der Waals surface area contributed by atoms with Crippen molar-refractivity contribution < 1.29 is 0 Å². The Morgan fingerprint density at radius 1 is 1.22 bits per heavy atom. The number of likely N-dealkylation sites (tertiary alicyclic amines) is 1. The van der Waals surface area contributed by atoms with Gasteiger partial charge in [-0.3, -0.25) is 4.99 Å². The van der Waals surface area contributed by atoms with Gasteiger partial charge in [0, 0.05) is 33.7 Å². The summed E-state index contributed by atoms with van der Waals surface area (Å²) in [6, 6.07) is 10.5. The minimum absolute atomic E-state index is 0.634. The highest BCUT2D eigenvalue weighted by Crippen LogP contribution is 2.10. The molecule has 1 N–H and O–H groups in total. The number of rotatable bonds is 6. The summed E-state index contributed by atoms with van der Waals surface area (Å²) in [5, 5.41) is 3.53. The van der Waals surface area contributed by atoms with E-state index in [0.29, 0.717) is 5.92 Å². The third kappa shape index (κ3) is 6.22. The fraction of sp³-hybridized carbons (Fsp3) is 0.632. The van der Waals surface area contributed by atoms with Gasteiger partial charge in [0.2, 0.25) is 0 Å². The lowest BCUT2D eigenvalue weighted by molar-refractivity contribution is 0.200. The second-order valence-electron chi connectivity index (χ2n) is 6.74. The molecule has 0 bridgehead atoms. The van der Waals surface area contributed by atoms with Crippen LogP contribution in [0.1, 0.15) is 31.7 Å². The van der Waals surface area contributed by atoms with Gasteiger partial charge in [-0.1, -0.05) is 43.7 Å². The summed E-state index contributed by atoms with van der Waals surface area (Å²) in [6.07, 6.45) is 4.13. The Hall–Kier alpha value is -1.55. The molecule has 23 heavy (non-hydrogen) atoms. The fourth-order valence-corrected chi connectivity index (χ4v) is 3.23. The zero-order valence-electron chi connectivity index (χ0n) is 15.0. The number of hydrogen-bond donors (Lipinski definition) is 1. The lowest BCUT2D eigenvalue weighted by atomic mass is 10.1. The van der Waals surface area contributed by atoms with Crippen LogP contribution in [0.3, 0.4) is 0 Å². The molecule has 1 unspecified atom stereocenters.